The summed E-state index contributed by atoms with van der Waals surface area (Å²) in [7, 11) is 0. The third-order valence-corrected chi connectivity index (χ3v) is 2.97. The first-order valence-corrected chi connectivity index (χ1v) is 6.46. The lowest BCUT2D eigenvalue weighted by molar-refractivity contribution is 0.288. The van der Waals surface area contributed by atoms with Gasteiger partial charge in [0.15, 0.2) is 11.5 Å². The molecule has 0 aliphatic heterocycles. The Hall–Kier alpha value is -2.63. The maximum Gasteiger partial charge on any atom is 0.320 e. The number of ether oxygens (including phenoxy) is 1. The van der Waals surface area contributed by atoms with Gasteiger partial charge in [0.1, 0.15) is 5.52 Å². The minimum atomic E-state index is 0.285. The quantitative estimate of drug-likeness (QED) is 0.691. The average Bonchev–Trinajstić information content (AvgIpc) is 2.94. The maximum atomic E-state index is 5.78. The first-order chi connectivity index (χ1) is 9.83. The van der Waals surface area contributed by atoms with Gasteiger partial charge in [-0.2, -0.15) is 9.97 Å². The number of hydrogen-bond donors (Lipinski definition) is 2. The van der Waals surface area contributed by atoms with Gasteiger partial charge in [-0.3, -0.25) is 0 Å². The van der Waals surface area contributed by atoms with E-state index in [1.807, 2.05) is 18.2 Å². The Balaban J connectivity index is 1.57. The van der Waals surface area contributed by atoms with Gasteiger partial charge in [0.25, 0.3) is 0 Å². The monoisotopic (exact) mass is 269 g/mol. The van der Waals surface area contributed by atoms with Crippen molar-refractivity contribution in [3.63, 3.8) is 0 Å². The summed E-state index contributed by atoms with van der Waals surface area (Å²) in [6, 6.07) is 10.6. The Morgan fingerprint density at radius 2 is 2.00 bits per heavy atom. The molecule has 0 bridgehead atoms. The highest BCUT2D eigenvalue weighted by atomic mass is 16.5. The zero-order valence-corrected chi connectivity index (χ0v) is 10.9. The number of hydrogen-bond acceptors (Lipinski definition) is 5. The van der Waals surface area contributed by atoms with Crippen molar-refractivity contribution in [3.05, 3.63) is 42.2 Å². The number of aromatic amines is 1. The molecular formula is C14H15N5O. The van der Waals surface area contributed by atoms with Crippen molar-refractivity contribution in [2.24, 2.45) is 0 Å². The molecule has 102 valence electrons. The summed E-state index contributed by atoms with van der Waals surface area (Å²) >= 11 is 0. The number of benzene rings is 1. The van der Waals surface area contributed by atoms with Crippen LogP contribution in [-0.4, -0.2) is 26.5 Å². The van der Waals surface area contributed by atoms with Crippen LogP contribution in [0.25, 0.3) is 11.2 Å². The number of rotatable bonds is 5. The minimum absolute atomic E-state index is 0.285. The number of H-pyrrole nitrogens is 1. The van der Waals surface area contributed by atoms with Crippen LogP contribution in [0.2, 0.25) is 0 Å². The Morgan fingerprint density at radius 1 is 1.15 bits per heavy atom. The molecule has 0 fully saturated rings. The van der Waals surface area contributed by atoms with E-state index in [9.17, 15) is 0 Å². The predicted molar refractivity (Wildman–Crippen MR) is 76.4 cm³/mol. The highest BCUT2D eigenvalue weighted by molar-refractivity contribution is 5.81. The molecule has 0 atom stereocenters. The van der Waals surface area contributed by atoms with E-state index in [1.165, 1.54) is 11.9 Å². The highest BCUT2D eigenvalue weighted by Gasteiger charge is 2.07. The number of nitrogens with two attached hydrogens (primary N) is 1. The van der Waals surface area contributed by atoms with Crippen molar-refractivity contribution in [3.8, 4) is 6.01 Å². The molecule has 3 aromatic rings. The molecular weight excluding hydrogens is 254 g/mol. The maximum absolute atomic E-state index is 5.78. The van der Waals surface area contributed by atoms with Gasteiger partial charge in [-0.1, -0.05) is 30.3 Å². The van der Waals surface area contributed by atoms with Crippen LogP contribution >= 0.6 is 0 Å². The molecule has 0 spiro atoms. The lowest BCUT2D eigenvalue weighted by Crippen LogP contribution is -2.04. The van der Waals surface area contributed by atoms with E-state index in [2.05, 4.69) is 32.1 Å². The zero-order valence-electron chi connectivity index (χ0n) is 10.9. The fourth-order valence-electron chi connectivity index (χ4n) is 1.99. The molecule has 2 heterocycles. The fourth-order valence-corrected chi connectivity index (χ4v) is 1.99. The third-order valence-electron chi connectivity index (χ3n) is 2.97. The van der Waals surface area contributed by atoms with Crippen molar-refractivity contribution in [1.29, 1.82) is 0 Å². The first-order valence-electron chi connectivity index (χ1n) is 6.46. The molecule has 1 aromatic carbocycles. The molecule has 3 rings (SSSR count). The van der Waals surface area contributed by atoms with Crippen LogP contribution in [-0.2, 0) is 6.42 Å². The summed E-state index contributed by atoms with van der Waals surface area (Å²) in [5.41, 5.74) is 8.24. The number of anilines is 1. The molecule has 0 radical (unpaired) electrons. The van der Waals surface area contributed by atoms with E-state index in [0.717, 1.165) is 12.8 Å². The second-order valence-corrected chi connectivity index (χ2v) is 4.43. The van der Waals surface area contributed by atoms with E-state index >= 15 is 0 Å². The van der Waals surface area contributed by atoms with Crippen LogP contribution in [0, 0.1) is 0 Å². The van der Waals surface area contributed by atoms with Crippen molar-refractivity contribution in [1.82, 2.24) is 19.9 Å². The Labute approximate surface area is 116 Å². The van der Waals surface area contributed by atoms with Gasteiger partial charge in [0.2, 0.25) is 0 Å². The molecule has 0 aliphatic rings. The second-order valence-electron chi connectivity index (χ2n) is 4.43. The van der Waals surface area contributed by atoms with Crippen LogP contribution in [0.1, 0.15) is 12.0 Å². The van der Waals surface area contributed by atoms with Gasteiger partial charge >= 0.3 is 6.01 Å². The molecule has 0 saturated carbocycles. The summed E-state index contributed by atoms with van der Waals surface area (Å²) in [5.74, 6) is 0.328. The summed E-state index contributed by atoms with van der Waals surface area (Å²) in [4.78, 5) is 15.2. The van der Waals surface area contributed by atoms with E-state index < -0.39 is 0 Å². The molecule has 3 N–H and O–H groups in total. The van der Waals surface area contributed by atoms with E-state index in [-0.39, 0.29) is 6.01 Å². The summed E-state index contributed by atoms with van der Waals surface area (Å²) in [6.07, 6.45) is 3.39. The number of fused-ring (bicyclic) bond motifs is 1. The van der Waals surface area contributed by atoms with E-state index in [4.69, 9.17) is 10.5 Å². The molecule has 0 amide bonds. The van der Waals surface area contributed by atoms with Crippen molar-refractivity contribution in [2.75, 3.05) is 12.3 Å². The number of aromatic nitrogens is 4. The Bertz CT molecular complexity index is 695. The van der Waals surface area contributed by atoms with Gasteiger partial charge in [0, 0.05) is 0 Å². The SMILES string of the molecule is Nc1nc(OCCCc2ccccc2)nc2[nH]cnc12. The summed E-state index contributed by atoms with van der Waals surface area (Å²) in [6.45, 7) is 0.550. The standard InChI is InChI=1S/C14H15N5O/c15-12-11-13(17-9-16-11)19-14(18-12)20-8-4-7-10-5-2-1-3-6-10/h1-3,5-6,9H,4,7-8H2,(H3,15,16,17,18,19). The Morgan fingerprint density at radius 3 is 2.85 bits per heavy atom. The Kier molecular flexibility index (Phi) is 3.45. The van der Waals surface area contributed by atoms with Crippen LogP contribution in [0.5, 0.6) is 6.01 Å². The molecule has 0 aliphatic carbocycles. The van der Waals surface area contributed by atoms with Crippen molar-refractivity contribution in [2.45, 2.75) is 12.8 Å². The molecule has 20 heavy (non-hydrogen) atoms. The topological polar surface area (TPSA) is 89.7 Å². The first kappa shape index (κ1) is 12.4. The highest BCUT2D eigenvalue weighted by Crippen LogP contribution is 2.16. The van der Waals surface area contributed by atoms with Gasteiger partial charge in [0.05, 0.1) is 12.9 Å². The van der Waals surface area contributed by atoms with Gasteiger partial charge < -0.3 is 15.5 Å². The van der Waals surface area contributed by atoms with Crippen LogP contribution in [0.15, 0.2) is 36.7 Å². The number of nitrogen functional groups attached to an aromatic ring is 1. The third kappa shape index (κ3) is 2.69. The van der Waals surface area contributed by atoms with Crippen LogP contribution in [0.3, 0.4) is 0 Å². The zero-order chi connectivity index (χ0) is 13.8. The summed E-state index contributed by atoms with van der Waals surface area (Å²) in [5, 5.41) is 0. The smallest absolute Gasteiger partial charge is 0.320 e. The lowest BCUT2D eigenvalue weighted by Gasteiger charge is -2.05. The fraction of sp³-hybridized carbons (Fsp3) is 0.214. The van der Waals surface area contributed by atoms with E-state index in [0.29, 0.717) is 23.6 Å². The van der Waals surface area contributed by atoms with Crippen molar-refractivity contribution >= 4 is 17.0 Å². The molecule has 6 nitrogen and oxygen atoms in total. The second kappa shape index (κ2) is 5.56. The predicted octanol–water partition coefficient (Wildman–Crippen LogP) is 1.95. The molecule has 6 heteroatoms. The number of nitrogens with one attached hydrogen (secondary N) is 1. The normalized spacial score (nSPS) is 10.8. The largest absolute Gasteiger partial charge is 0.463 e. The number of aryl methyl sites for hydroxylation is 1. The van der Waals surface area contributed by atoms with E-state index in [1.54, 1.807) is 0 Å². The van der Waals surface area contributed by atoms with Gasteiger partial charge in [-0.25, -0.2) is 4.98 Å². The summed E-state index contributed by atoms with van der Waals surface area (Å²) < 4.78 is 5.54. The number of imidazole rings is 1. The lowest BCUT2D eigenvalue weighted by atomic mass is 10.1. The molecule has 0 unspecified atom stereocenters. The van der Waals surface area contributed by atoms with Crippen molar-refractivity contribution < 1.29 is 4.74 Å². The van der Waals surface area contributed by atoms with Crippen LogP contribution in [0.4, 0.5) is 5.82 Å². The van der Waals surface area contributed by atoms with Crippen LogP contribution < -0.4 is 10.5 Å². The molecule has 0 saturated heterocycles. The average molecular weight is 269 g/mol. The van der Waals surface area contributed by atoms with Gasteiger partial charge in [-0.05, 0) is 18.4 Å². The minimum Gasteiger partial charge on any atom is -0.463 e. The van der Waals surface area contributed by atoms with Gasteiger partial charge in [-0.15, -0.1) is 0 Å². The molecule has 2 aromatic heterocycles. The number of nitrogens with zero attached hydrogens (tertiary/aromatic N) is 3.